The van der Waals surface area contributed by atoms with E-state index in [2.05, 4.69) is 128 Å². The van der Waals surface area contributed by atoms with Gasteiger partial charge in [0.1, 0.15) is 0 Å². The van der Waals surface area contributed by atoms with Crippen LogP contribution in [-0.2, 0) is 0 Å². The highest BCUT2D eigenvalue weighted by Crippen LogP contribution is 2.52. The molecule has 0 unspecified atom stereocenters. The van der Waals surface area contributed by atoms with Crippen molar-refractivity contribution in [1.29, 1.82) is 0 Å². The summed E-state index contributed by atoms with van der Waals surface area (Å²) in [5.74, 6) is 0. The van der Waals surface area contributed by atoms with Gasteiger partial charge >= 0.3 is 0 Å². The van der Waals surface area contributed by atoms with Crippen LogP contribution in [0.25, 0.3) is 48.0 Å². The summed E-state index contributed by atoms with van der Waals surface area (Å²) in [5, 5.41) is 2.64. The van der Waals surface area contributed by atoms with Crippen molar-refractivity contribution in [2.24, 2.45) is 0 Å². The smallest absolute Gasteiger partial charge is 0.0355 e. The Hall–Kier alpha value is -3.67. The topological polar surface area (TPSA) is 0 Å². The maximum Gasteiger partial charge on any atom is 0.0355 e. The van der Waals surface area contributed by atoms with E-state index in [1.807, 2.05) is 46.6 Å². The molecule has 7 aromatic rings. The zero-order chi connectivity index (χ0) is 27.8. The second-order valence-electron chi connectivity index (χ2n) is 10.6. The van der Waals surface area contributed by atoms with Gasteiger partial charge in [-0.05, 0) is 88.0 Å². The number of thiophene rings is 1. The van der Waals surface area contributed by atoms with Gasteiger partial charge in [-0.1, -0.05) is 109 Å². The molecule has 0 radical (unpaired) electrons. The average molecular weight is 607 g/mol. The van der Waals surface area contributed by atoms with E-state index in [-0.39, 0.29) is 0 Å². The van der Waals surface area contributed by atoms with E-state index in [4.69, 9.17) is 0 Å². The summed E-state index contributed by atoms with van der Waals surface area (Å²) >= 11 is 7.50. The molecule has 198 valence electrons. The summed E-state index contributed by atoms with van der Waals surface area (Å²) < 4.78 is 2.65. The summed E-state index contributed by atoms with van der Waals surface area (Å²) in [6, 6.07) is 44.7. The quantitative estimate of drug-likeness (QED) is 0.192. The molecule has 0 spiro atoms. The molecule has 0 bridgehead atoms. The van der Waals surface area contributed by atoms with E-state index in [0.717, 1.165) is 5.57 Å². The first-order chi connectivity index (χ1) is 20.7. The summed E-state index contributed by atoms with van der Waals surface area (Å²) in [6.45, 7) is 4.56. The lowest BCUT2D eigenvalue weighted by atomic mass is 9.90. The van der Waals surface area contributed by atoms with Crippen molar-refractivity contribution in [3.63, 3.8) is 0 Å². The molecule has 0 atom stereocenters. The van der Waals surface area contributed by atoms with Crippen molar-refractivity contribution < 1.29 is 0 Å². The van der Waals surface area contributed by atoms with Crippen LogP contribution >= 0.6 is 46.6 Å². The molecule has 0 nitrogen and oxygen atoms in total. The molecule has 0 N–H and O–H groups in total. The Labute approximate surface area is 261 Å². The van der Waals surface area contributed by atoms with Crippen LogP contribution in [0.3, 0.4) is 0 Å². The van der Waals surface area contributed by atoms with E-state index in [1.165, 1.54) is 82.9 Å². The number of hydrogen-bond acceptors (Lipinski definition) is 4. The first-order valence-corrected chi connectivity index (χ1v) is 17.1. The fourth-order valence-electron chi connectivity index (χ4n) is 6.11. The normalized spacial score (nSPS) is 13.5. The highest BCUT2D eigenvalue weighted by Gasteiger charge is 2.23. The third kappa shape index (κ3) is 3.86. The molecule has 6 aromatic carbocycles. The van der Waals surface area contributed by atoms with Gasteiger partial charge in [0, 0.05) is 55.1 Å². The molecular weight excluding hydrogens is 585 g/mol. The molecule has 4 heteroatoms. The average Bonchev–Trinajstić information content (AvgIpc) is 3.40. The summed E-state index contributed by atoms with van der Waals surface area (Å²) in [6.07, 6.45) is 0. The highest BCUT2D eigenvalue weighted by atomic mass is 32.2. The minimum absolute atomic E-state index is 1.11. The van der Waals surface area contributed by atoms with Gasteiger partial charge in [0.05, 0.1) is 0 Å². The first kappa shape index (κ1) is 24.9. The van der Waals surface area contributed by atoms with Crippen molar-refractivity contribution in [3.05, 3.63) is 139 Å². The van der Waals surface area contributed by atoms with E-state index in [9.17, 15) is 0 Å². The van der Waals surface area contributed by atoms with Gasteiger partial charge in [-0.3, -0.25) is 0 Å². The Morgan fingerprint density at radius 2 is 0.976 bits per heavy atom. The monoisotopic (exact) mass is 606 g/mol. The largest absolute Gasteiger partial charge is 0.135 e. The zero-order valence-electron chi connectivity index (χ0n) is 22.4. The maximum absolute atomic E-state index is 4.56. The number of benzene rings is 6. The minimum atomic E-state index is 1.11. The van der Waals surface area contributed by atoms with Crippen LogP contribution in [0.5, 0.6) is 0 Å². The molecule has 2 aliphatic rings. The second-order valence-corrected chi connectivity index (χ2v) is 14.9. The fraction of sp³-hybridized carbons (Fsp3) is 0. The van der Waals surface area contributed by atoms with Gasteiger partial charge in [-0.25, -0.2) is 0 Å². The van der Waals surface area contributed by atoms with Gasteiger partial charge in [-0.15, -0.1) is 11.3 Å². The lowest BCUT2D eigenvalue weighted by Crippen LogP contribution is -2.00. The predicted molar refractivity (Wildman–Crippen MR) is 184 cm³/mol. The Balaban J connectivity index is 1.18. The molecular formula is C38H22S4. The minimum Gasteiger partial charge on any atom is -0.135 e. The van der Waals surface area contributed by atoms with Crippen LogP contribution in [0.1, 0.15) is 11.1 Å². The highest BCUT2D eigenvalue weighted by molar-refractivity contribution is 8.05. The van der Waals surface area contributed by atoms with Crippen LogP contribution in [0, 0.1) is 0 Å². The third-order valence-electron chi connectivity index (χ3n) is 8.11. The lowest BCUT2D eigenvalue weighted by Gasteiger charge is -2.24. The van der Waals surface area contributed by atoms with Gasteiger partial charge < -0.3 is 0 Å². The molecule has 2 aliphatic heterocycles. The van der Waals surface area contributed by atoms with Gasteiger partial charge in [0.25, 0.3) is 0 Å². The van der Waals surface area contributed by atoms with Crippen molar-refractivity contribution in [3.8, 4) is 22.3 Å². The van der Waals surface area contributed by atoms with Crippen molar-refractivity contribution in [2.75, 3.05) is 0 Å². The molecule has 0 saturated heterocycles. The van der Waals surface area contributed by atoms with E-state index < -0.39 is 0 Å². The molecule has 0 amide bonds. The van der Waals surface area contributed by atoms with Crippen molar-refractivity contribution >= 4 is 72.4 Å². The van der Waals surface area contributed by atoms with E-state index in [1.54, 1.807) is 0 Å². The molecule has 0 fully saturated rings. The summed E-state index contributed by atoms with van der Waals surface area (Å²) in [4.78, 5) is 7.92. The molecule has 42 heavy (non-hydrogen) atoms. The Morgan fingerprint density at radius 1 is 0.429 bits per heavy atom. The molecule has 1 aromatic heterocycles. The standard InChI is InChI=1S/C38H22S4/c1-22-25-8-2-3-11-30(25)40-35-14-6-9-26(37(22)35)23-16-18-31-28(20-23)29-21-24(17-19-32(29)39-31)27-10-7-15-36-38(27)42-34-13-5-4-12-33(34)41-36/h2-21H,1H2. The Bertz CT molecular complexity index is 2250. The van der Waals surface area contributed by atoms with Crippen LogP contribution in [-0.4, -0.2) is 0 Å². The molecule has 9 rings (SSSR count). The maximum atomic E-state index is 4.56. The summed E-state index contributed by atoms with van der Waals surface area (Å²) in [5.41, 5.74) is 8.67. The lowest BCUT2D eigenvalue weighted by molar-refractivity contribution is 1.16. The molecule has 0 saturated carbocycles. The van der Waals surface area contributed by atoms with Gasteiger partial charge in [0.15, 0.2) is 0 Å². The van der Waals surface area contributed by atoms with Crippen LogP contribution in [0.4, 0.5) is 0 Å². The first-order valence-electron chi connectivity index (χ1n) is 13.9. The number of hydrogen-bond donors (Lipinski definition) is 0. The molecule has 3 heterocycles. The number of fused-ring (bicyclic) bond motifs is 7. The van der Waals surface area contributed by atoms with Crippen LogP contribution in [0.15, 0.2) is 157 Å². The molecule has 0 aliphatic carbocycles. The van der Waals surface area contributed by atoms with E-state index >= 15 is 0 Å². The second kappa shape index (κ2) is 9.68. The third-order valence-corrected chi connectivity index (χ3v) is 13.0. The van der Waals surface area contributed by atoms with Crippen LogP contribution in [0.2, 0.25) is 0 Å². The van der Waals surface area contributed by atoms with Crippen LogP contribution < -0.4 is 0 Å². The van der Waals surface area contributed by atoms with Gasteiger partial charge in [0.2, 0.25) is 0 Å². The summed E-state index contributed by atoms with van der Waals surface area (Å²) in [7, 11) is 0. The van der Waals surface area contributed by atoms with Crippen molar-refractivity contribution in [2.45, 2.75) is 29.4 Å². The number of rotatable bonds is 2. The zero-order valence-corrected chi connectivity index (χ0v) is 25.7. The SMILES string of the molecule is C=C1c2ccccc2Sc2cccc(-c3ccc4sc5ccc(-c6cccc7c6Sc6ccccc6S7)cc5c4c3)c21. The van der Waals surface area contributed by atoms with Crippen molar-refractivity contribution in [1.82, 2.24) is 0 Å². The fourth-order valence-corrected chi connectivity index (χ4v) is 10.7. The van der Waals surface area contributed by atoms with E-state index in [0.29, 0.717) is 0 Å². The Kier molecular flexibility index (Phi) is 5.74. The predicted octanol–water partition coefficient (Wildman–Crippen LogP) is 12.5. The van der Waals surface area contributed by atoms with Gasteiger partial charge in [-0.2, -0.15) is 0 Å². The Morgan fingerprint density at radius 3 is 1.74 bits per heavy atom.